The first-order valence-corrected chi connectivity index (χ1v) is 12.8. The zero-order valence-electron chi connectivity index (χ0n) is 23.3. The van der Waals surface area contributed by atoms with E-state index in [1.165, 1.54) is 24.3 Å². The maximum absolute atomic E-state index is 13.3. The van der Waals surface area contributed by atoms with E-state index >= 15 is 0 Å². The largest absolute Gasteiger partial charge is 0.444 e. The molecule has 0 radical (unpaired) electrons. The van der Waals surface area contributed by atoms with Gasteiger partial charge in [0.1, 0.15) is 11.2 Å². The highest BCUT2D eigenvalue weighted by Gasteiger charge is 2.39. The molecule has 6 amide bonds. The number of amides is 6. The summed E-state index contributed by atoms with van der Waals surface area (Å²) in [6.07, 6.45) is -1.35. The van der Waals surface area contributed by atoms with Gasteiger partial charge >= 0.3 is 12.2 Å². The Kier molecular flexibility index (Phi) is 7.31. The Labute approximate surface area is 230 Å². The lowest BCUT2D eigenvalue weighted by Crippen LogP contribution is -2.47. The Bertz CT molecular complexity index is 1270. The number of carbonyl (C=O) groups excluding carboxylic acids is 6. The van der Waals surface area contributed by atoms with Gasteiger partial charge in [-0.05, 0) is 65.8 Å². The van der Waals surface area contributed by atoms with E-state index in [1.54, 1.807) is 41.5 Å². The topological polar surface area (TPSA) is 151 Å². The number of benzene rings is 2. The highest BCUT2D eigenvalue weighted by molar-refractivity contribution is 6.33. The number of carbonyl (C=O) groups is 6. The van der Waals surface area contributed by atoms with E-state index in [2.05, 4.69) is 10.6 Å². The summed E-state index contributed by atoms with van der Waals surface area (Å²) in [7, 11) is 0. The van der Waals surface area contributed by atoms with Gasteiger partial charge in [0.2, 0.25) is 0 Å². The average molecular weight is 553 g/mol. The second-order valence-corrected chi connectivity index (χ2v) is 11.5. The first kappa shape index (κ1) is 28.5. The maximum Gasteiger partial charge on any atom is 0.407 e. The zero-order chi connectivity index (χ0) is 29.6. The summed E-state index contributed by atoms with van der Waals surface area (Å²) in [4.78, 5) is 79.2. The Morgan fingerprint density at radius 1 is 0.600 bits per heavy atom. The fourth-order valence-electron chi connectivity index (χ4n) is 4.55. The Hall–Kier alpha value is -4.48. The van der Waals surface area contributed by atoms with Crippen LogP contribution in [0.5, 0.6) is 0 Å². The summed E-state index contributed by atoms with van der Waals surface area (Å²) in [6.45, 7) is 10.1. The van der Waals surface area contributed by atoms with E-state index in [0.717, 1.165) is 9.80 Å². The number of nitrogens with zero attached hydrogens (tertiary/aromatic N) is 2. The Morgan fingerprint density at radius 3 is 1.12 bits per heavy atom. The number of imide groups is 2. The standard InChI is InChI=1S/C28H32N4O8/c1-27(2,3)39-25(37)29-11-13-31-21(33)15-7-9-17-20-18(10-8-16(19(15)20)22(31)34)24(36)32(23(17)35)14-12-30-26(38)40-28(4,5)6/h7-10H,11-14H2,1-6H3,(H,29,37)(H,30,38). The van der Waals surface area contributed by atoms with Crippen LogP contribution >= 0.6 is 0 Å². The van der Waals surface area contributed by atoms with Crippen LogP contribution in [0.25, 0.3) is 10.8 Å². The lowest BCUT2D eigenvalue weighted by atomic mass is 9.86. The van der Waals surface area contributed by atoms with Gasteiger partial charge < -0.3 is 20.1 Å². The van der Waals surface area contributed by atoms with E-state index in [9.17, 15) is 28.8 Å². The van der Waals surface area contributed by atoms with E-state index in [-0.39, 0.29) is 59.2 Å². The number of rotatable bonds is 6. The van der Waals surface area contributed by atoms with Crippen molar-refractivity contribution in [2.75, 3.05) is 26.2 Å². The molecule has 0 fully saturated rings. The first-order chi connectivity index (χ1) is 18.6. The highest BCUT2D eigenvalue weighted by atomic mass is 16.6. The van der Waals surface area contributed by atoms with Crippen molar-refractivity contribution in [3.05, 3.63) is 46.5 Å². The molecule has 2 aliphatic rings. The molecule has 0 atom stereocenters. The minimum absolute atomic E-state index is 0.0235. The molecule has 0 saturated heterocycles. The van der Waals surface area contributed by atoms with Crippen LogP contribution in [-0.2, 0) is 9.47 Å². The van der Waals surface area contributed by atoms with Gasteiger partial charge in [-0.25, -0.2) is 9.59 Å². The van der Waals surface area contributed by atoms with Crippen LogP contribution in [-0.4, -0.2) is 83.0 Å². The second kappa shape index (κ2) is 10.2. The molecule has 12 heteroatoms. The average Bonchev–Trinajstić information content (AvgIpc) is 2.83. The van der Waals surface area contributed by atoms with Gasteiger partial charge in [-0.3, -0.25) is 29.0 Å². The number of hydrogen-bond acceptors (Lipinski definition) is 8. The van der Waals surface area contributed by atoms with Gasteiger partial charge in [-0.2, -0.15) is 0 Å². The predicted molar refractivity (Wildman–Crippen MR) is 143 cm³/mol. The van der Waals surface area contributed by atoms with Crippen LogP contribution in [0, 0.1) is 0 Å². The molecule has 0 aliphatic carbocycles. The van der Waals surface area contributed by atoms with Gasteiger partial charge in [0, 0.05) is 59.2 Å². The summed E-state index contributed by atoms with van der Waals surface area (Å²) >= 11 is 0. The van der Waals surface area contributed by atoms with Gasteiger partial charge in [-0.15, -0.1) is 0 Å². The lowest BCUT2D eigenvalue weighted by Gasteiger charge is -2.32. The summed E-state index contributed by atoms with van der Waals surface area (Å²) in [6, 6.07) is 5.83. The smallest absolute Gasteiger partial charge is 0.407 e. The summed E-state index contributed by atoms with van der Waals surface area (Å²) in [5.41, 5.74) is -0.702. The molecule has 2 aliphatic heterocycles. The molecular formula is C28H32N4O8. The van der Waals surface area contributed by atoms with E-state index < -0.39 is 47.0 Å². The van der Waals surface area contributed by atoms with Crippen LogP contribution in [0.3, 0.4) is 0 Å². The number of nitrogens with one attached hydrogen (secondary N) is 2. The summed E-state index contributed by atoms with van der Waals surface area (Å²) in [5, 5.41) is 5.55. The van der Waals surface area contributed by atoms with Crippen molar-refractivity contribution in [3.8, 4) is 0 Å². The molecule has 0 unspecified atom stereocenters. The Morgan fingerprint density at radius 2 is 0.875 bits per heavy atom. The van der Waals surface area contributed by atoms with E-state index in [4.69, 9.17) is 9.47 Å². The second-order valence-electron chi connectivity index (χ2n) is 11.5. The van der Waals surface area contributed by atoms with Crippen LogP contribution in [0.1, 0.15) is 83.0 Å². The quantitative estimate of drug-likeness (QED) is 0.519. The third kappa shape index (κ3) is 5.61. The van der Waals surface area contributed by atoms with Crippen molar-refractivity contribution < 1.29 is 38.2 Å². The monoisotopic (exact) mass is 552 g/mol. The normalized spacial score (nSPS) is 14.9. The maximum atomic E-state index is 13.3. The minimum Gasteiger partial charge on any atom is -0.444 e. The molecule has 0 saturated carbocycles. The molecule has 0 aromatic heterocycles. The van der Waals surface area contributed by atoms with Crippen LogP contribution in [0.2, 0.25) is 0 Å². The molecule has 2 aromatic carbocycles. The number of alkyl carbamates (subject to hydrolysis) is 2. The molecule has 2 N–H and O–H groups in total. The van der Waals surface area contributed by atoms with Crippen molar-refractivity contribution in [2.45, 2.75) is 52.7 Å². The van der Waals surface area contributed by atoms with Gasteiger partial charge in [0.25, 0.3) is 23.6 Å². The molecule has 40 heavy (non-hydrogen) atoms. The van der Waals surface area contributed by atoms with Crippen molar-refractivity contribution in [3.63, 3.8) is 0 Å². The number of ether oxygens (including phenoxy) is 2. The molecule has 0 spiro atoms. The summed E-state index contributed by atoms with van der Waals surface area (Å²) < 4.78 is 10.4. The number of hydrogen-bond donors (Lipinski definition) is 2. The zero-order valence-corrected chi connectivity index (χ0v) is 23.3. The minimum atomic E-state index is -0.700. The van der Waals surface area contributed by atoms with Crippen LogP contribution < -0.4 is 10.6 Å². The lowest BCUT2D eigenvalue weighted by molar-refractivity contribution is 0.0493. The highest BCUT2D eigenvalue weighted by Crippen LogP contribution is 2.37. The SMILES string of the molecule is CC(C)(C)OC(=O)NCCN1C(=O)c2ccc3c4c(ccc(c24)C1=O)C(=O)N(CCNC(=O)OC(C)(C)C)C3=O. The van der Waals surface area contributed by atoms with Crippen LogP contribution in [0.4, 0.5) is 9.59 Å². The summed E-state index contributed by atoms with van der Waals surface area (Å²) in [5.74, 6) is -2.40. The molecule has 212 valence electrons. The van der Waals surface area contributed by atoms with Crippen molar-refractivity contribution in [1.82, 2.24) is 20.4 Å². The van der Waals surface area contributed by atoms with E-state index in [1.807, 2.05) is 0 Å². The third-order valence-corrected chi connectivity index (χ3v) is 6.07. The van der Waals surface area contributed by atoms with E-state index in [0.29, 0.717) is 0 Å². The van der Waals surface area contributed by atoms with Crippen molar-refractivity contribution in [2.24, 2.45) is 0 Å². The molecule has 2 aromatic rings. The molecular weight excluding hydrogens is 520 g/mol. The van der Waals surface area contributed by atoms with Gasteiger partial charge in [0.15, 0.2) is 0 Å². The molecule has 0 bridgehead atoms. The van der Waals surface area contributed by atoms with Gasteiger partial charge in [0.05, 0.1) is 0 Å². The van der Waals surface area contributed by atoms with Crippen molar-refractivity contribution >= 4 is 46.6 Å². The molecule has 2 heterocycles. The van der Waals surface area contributed by atoms with Crippen molar-refractivity contribution in [1.29, 1.82) is 0 Å². The molecule has 12 nitrogen and oxygen atoms in total. The fourth-order valence-corrected chi connectivity index (χ4v) is 4.55. The third-order valence-electron chi connectivity index (χ3n) is 6.07. The molecule has 4 rings (SSSR count). The van der Waals surface area contributed by atoms with Crippen LogP contribution in [0.15, 0.2) is 24.3 Å². The fraction of sp³-hybridized carbons (Fsp3) is 0.429. The Balaban J connectivity index is 1.54. The predicted octanol–water partition coefficient (Wildman–Crippen LogP) is 3.08. The first-order valence-electron chi connectivity index (χ1n) is 12.8. The van der Waals surface area contributed by atoms with Gasteiger partial charge in [-0.1, -0.05) is 0 Å².